The van der Waals surface area contributed by atoms with Crippen molar-refractivity contribution in [2.45, 2.75) is 45.9 Å². The molecule has 1 aliphatic rings. The number of nitrogens with one attached hydrogen (secondary N) is 2. The number of aromatic nitrogens is 2. The number of sulfonamides is 1. The smallest absolute Gasteiger partial charge is 0.330 e. The lowest BCUT2D eigenvalue weighted by atomic mass is 10.1. The monoisotopic (exact) mass is 451 g/mol. The highest BCUT2D eigenvalue weighted by atomic mass is 32.2. The molecule has 0 spiro atoms. The molecule has 0 aliphatic heterocycles. The molecule has 0 saturated heterocycles. The number of benzene rings is 1. The van der Waals surface area contributed by atoms with Gasteiger partial charge in [0.1, 0.15) is 12.5 Å². The molecule has 1 unspecified atom stereocenters. The van der Waals surface area contributed by atoms with E-state index < -0.39 is 27.3 Å². The summed E-state index contributed by atoms with van der Waals surface area (Å²) >= 11 is 0. The van der Waals surface area contributed by atoms with Gasteiger partial charge in [0.15, 0.2) is 0 Å². The minimum absolute atomic E-state index is 0.0642. The molecule has 0 radical (unpaired) electrons. The molecule has 1 aliphatic carbocycles. The number of nitrogens with zero attached hydrogens (tertiary/aromatic N) is 1. The zero-order valence-electron chi connectivity index (χ0n) is 17.8. The standard InChI is InChI=1S/C21H29N3O6S/c1-16(17-5-3-6-18(13-17)30-14-21(2)8-9-21)23-31(27,28)12-4-11-29-15-24-10-7-19(25)22-20(24)26/h3,5-7,10,13,16,23H,4,8-9,11-12,14-15H2,1-2H3,(H,22,25,26). The number of ether oxygens (including phenoxy) is 2. The summed E-state index contributed by atoms with van der Waals surface area (Å²) in [7, 11) is -3.51. The van der Waals surface area contributed by atoms with Crippen molar-refractivity contribution >= 4 is 10.0 Å². The molecule has 2 N–H and O–H groups in total. The summed E-state index contributed by atoms with van der Waals surface area (Å²) in [5.74, 6) is 0.634. The molecule has 3 rings (SSSR count). The van der Waals surface area contributed by atoms with Crippen LogP contribution in [0.15, 0.2) is 46.1 Å². The average molecular weight is 452 g/mol. The summed E-state index contributed by atoms with van der Waals surface area (Å²) in [5.41, 5.74) is 0.0437. The minimum atomic E-state index is -3.51. The third kappa shape index (κ3) is 7.34. The predicted molar refractivity (Wildman–Crippen MR) is 117 cm³/mol. The van der Waals surface area contributed by atoms with Crippen molar-refractivity contribution in [3.8, 4) is 5.75 Å². The van der Waals surface area contributed by atoms with E-state index in [9.17, 15) is 18.0 Å². The predicted octanol–water partition coefficient (Wildman–Crippen LogP) is 1.76. The van der Waals surface area contributed by atoms with Gasteiger partial charge < -0.3 is 9.47 Å². The molecule has 31 heavy (non-hydrogen) atoms. The summed E-state index contributed by atoms with van der Waals surface area (Å²) < 4.78 is 39.8. The zero-order valence-corrected chi connectivity index (χ0v) is 18.6. The lowest BCUT2D eigenvalue weighted by Crippen LogP contribution is -2.30. The highest BCUT2D eigenvalue weighted by Gasteiger charge is 2.38. The molecule has 1 heterocycles. The Labute approximate surface area is 181 Å². The molecule has 9 nitrogen and oxygen atoms in total. The molecular weight excluding hydrogens is 422 g/mol. The van der Waals surface area contributed by atoms with Crippen LogP contribution in [0.25, 0.3) is 0 Å². The Morgan fingerprint density at radius 1 is 1.26 bits per heavy atom. The summed E-state index contributed by atoms with van der Waals surface area (Å²) in [6.07, 6.45) is 3.94. The molecule has 0 bridgehead atoms. The van der Waals surface area contributed by atoms with E-state index in [0.717, 1.165) is 11.3 Å². The van der Waals surface area contributed by atoms with E-state index in [1.54, 1.807) is 6.92 Å². The summed E-state index contributed by atoms with van der Waals surface area (Å²) in [5, 5.41) is 0. The third-order valence-corrected chi connectivity index (χ3v) is 6.77. The first kappa shape index (κ1) is 23.2. The number of aromatic amines is 1. The summed E-state index contributed by atoms with van der Waals surface area (Å²) in [6.45, 7) is 4.74. The van der Waals surface area contributed by atoms with Crippen molar-refractivity contribution in [3.63, 3.8) is 0 Å². The van der Waals surface area contributed by atoms with Crippen LogP contribution in [0.1, 0.15) is 44.7 Å². The van der Waals surface area contributed by atoms with E-state index in [2.05, 4.69) is 16.6 Å². The van der Waals surface area contributed by atoms with Gasteiger partial charge in [0.05, 0.1) is 12.4 Å². The quantitative estimate of drug-likeness (QED) is 0.475. The van der Waals surface area contributed by atoms with Crippen molar-refractivity contribution in [1.29, 1.82) is 0 Å². The van der Waals surface area contributed by atoms with Gasteiger partial charge in [-0.25, -0.2) is 17.9 Å². The number of rotatable bonds is 12. The van der Waals surface area contributed by atoms with Gasteiger partial charge >= 0.3 is 5.69 Å². The Bertz CT molecular complexity index is 1100. The normalized spacial score (nSPS) is 16.1. The number of H-pyrrole nitrogens is 1. The Morgan fingerprint density at radius 2 is 2.03 bits per heavy atom. The van der Waals surface area contributed by atoms with Crippen LogP contribution in [0, 0.1) is 5.41 Å². The van der Waals surface area contributed by atoms with Gasteiger partial charge in [-0.05, 0) is 43.9 Å². The molecule has 1 saturated carbocycles. The lowest BCUT2D eigenvalue weighted by molar-refractivity contribution is 0.0744. The fraction of sp³-hybridized carbons (Fsp3) is 0.524. The minimum Gasteiger partial charge on any atom is -0.493 e. The van der Waals surface area contributed by atoms with E-state index in [1.165, 1.54) is 29.7 Å². The van der Waals surface area contributed by atoms with Crippen LogP contribution in [-0.4, -0.2) is 36.9 Å². The van der Waals surface area contributed by atoms with Gasteiger partial charge in [-0.1, -0.05) is 19.1 Å². The Kier molecular flexibility index (Phi) is 7.34. The molecule has 10 heteroatoms. The first-order valence-corrected chi connectivity index (χ1v) is 11.9. The van der Waals surface area contributed by atoms with Crippen molar-refractivity contribution in [2.24, 2.45) is 5.41 Å². The second-order valence-electron chi connectivity index (χ2n) is 8.30. The molecule has 2 aromatic rings. The highest BCUT2D eigenvalue weighted by molar-refractivity contribution is 7.89. The molecule has 1 fully saturated rings. The second kappa shape index (κ2) is 9.80. The first-order chi connectivity index (χ1) is 14.7. The maximum Gasteiger partial charge on any atom is 0.330 e. The van der Waals surface area contributed by atoms with Crippen LogP contribution in [0.3, 0.4) is 0 Å². The van der Waals surface area contributed by atoms with Crippen molar-refractivity contribution in [2.75, 3.05) is 19.0 Å². The third-order valence-electron chi connectivity index (χ3n) is 5.23. The SMILES string of the molecule is CC(NS(=O)(=O)CCCOCn1ccc(=O)[nH]c1=O)c1cccc(OCC2(C)CC2)c1. The Balaban J connectivity index is 1.43. The molecular formula is C21H29N3O6S. The van der Waals surface area contributed by atoms with Gasteiger partial charge in [-0.15, -0.1) is 0 Å². The fourth-order valence-corrected chi connectivity index (χ4v) is 4.24. The molecule has 170 valence electrons. The van der Waals surface area contributed by atoms with Crippen LogP contribution in [-0.2, 0) is 21.5 Å². The van der Waals surface area contributed by atoms with Crippen molar-refractivity contribution in [3.05, 3.63) is 62.9 Å². The van der Waals surface area contributed by atoms with Crippen molar-refractivity contribution in [1.82, 2.24) is 14.3 Å². The van der Waals surface area contributed by atoms with E-state index >= 15 is 0 Å². The Hall–Kier alpha value is -2.43. The van der Waals surface area contributed by atoms with E-state index in [4.69, 9.17) is 9.47 Å². The summed E-state index contributed by atoms with van der Waals surface area (Å²) in [4.78, 5) is 24.7. The van der Waals surface area contributed by atoms with Gasteiger partial charge in [-0.3, -0.25) is 14.3 Å². The fourth-order valence-electron chi connectivity index (χ4n) is 2.95. The topological polar surface area (TPSA) is 119 Å². The van der Waals surface area contributed by atoms with Crippen LogP contribution < -0.4 is 20.7 Å². The van der Waals surface area contributed by atoms with Gasteiger partial charge in [0, 0.05) is 30.3 Å². The maximum atomic E-state index is 12.4. The van der Waals surface area contributed by atoms with Crippen LogP contribution in [0.2, 0.25) is 0 Å². The average Bonchev–Trinajstić information content (AvgIpc) is 3.45. The van der Waals surface area contributed by atoms with Gasteiger partial charge in [0.25, 0.3) is 5.56 Å². The van der Waals surface area contributed by atoms with Crippen LogP contribution in [0.4, 0.5) is 0 Å². The molecule has 1 aromatic carbocycles. The van der Waals surface area contributed by atoms with Crippen LogP contribution in [0.5, 0.6) is 5.75 Å². The van der Waals surface area contributed by atoms with Crippen LogP contribution >= 0.6 is 0 Å². The number of hydrogen-bond donors (Lipinski definition) is 2. The zero-order chi connectivity index (χ0) is 22.5. The number of hydrogen-bond acceptors (Lipinski definition) is 6. The maximum absolute atomic E-state index is 12.4. The van der Waals surface area contributed by atoms with E-state index in [1.807, 2.05) is 24.3 Å². The van der Waals surface area contributed by atoms with E-state index in [-0.39, 0.29) is 30.9 Å². The lowest BCUT2D eigenvalue weighted by Gasteiger charge is -2.17. The Morgan fingerprint density at radius 3 is 2.74 bits per heavy atom. The van der Waals surface area contributed by atoms with Gasteiger partial charge in [0.2, 0.25) is 10.0 Å². The van der Waals surface area contributed by atoms with Crippen molar-refractivity contribution < 1.29 is 17.9 Å². The summed E-state index contributed by atoms with van der Waals surface area (Å²) in [6, 6.07) is 8.28. The molecule has 1 atom stereocenters. The van der Waals surface area contributed by atoms with Gasteiger partial charge in [-0.2, -0.15) is 0 Å². The first-order valence-electron chi connectivity index (χ1n) is 10.3. The highest BCUT2D eigenvalue weighted by Crippen LogP contribution is 2.45. The second-order valence-corrected chi connectivity index (χ2v) is 10.2. The molecule has 1 aromatic heterocycles. The molecule has 0 amide bonds. The largest absolute Gasteiger partial charge is 0.493 e. The van der Waals surface area contributed by atoms with E-state index in [0.29, 0.717) is 6.61 Å².